The van der Waals surface area contributed by atoms with E-state index in [9.17, 15) is 9.18 Å². The highest BCUT2D eigenvalue weighted by atomic mass is 19.1. The number of benzene rings is 2. The Morgan fingerprint density at radius 1 is 1.30 bits per heavy atom. The van der Waals surface area contributed by atoms with Gasteiger partial charge >= 0.3 is 0 Å². The summed E-state index contributed by atoms with van der Waals surface area (Å²) in [6.07, 6.45) is 0.535. The molecule has 0 aliphatic carbocycles. The Kier molecular flexibility index (Phi) is 5.40. The number of rotatable bonds is 5. The predicted molar refractivity (Wildman–Crippen MR) is 102 cm³/mol. The van der Waals surface area contributed by atoms with E-state index in [1.54, 1.807) is 0 Å². The Morgan fingerprint density at radius 2 is 2.00 bits per heavy atom. The standard InChI is InChI=1S/C22H26FNO3/c1-5-19(26-16-9-7-15(23)8-10-16)21(25)24-18-13-22(3,4)27-20-11-6-14(2)12-17(18)20/h6-12,18-19H,5,13H2,1-4H3,(H,24,25)/t18-,19-/m0/s1. The molecular weight excluding hydrogens is 345 g/mol. The fourth-order valence-electron chi connectivity index (χ4n) is 3.37. The molecule has 1 aliphatic heterocycles. The molecule has 0 unspecified atom stereocenters. The van der Waals surface area contributed by atoms with Crippen LogP contribution in [-0.2, 0) is 4.79 Å². The van der Waals surface area contributed by atoms with Crippen molar-refractivity contribution in [2.24, 2.45) is 0 Å². The second-order valence-electron chi connectivity index (χ2n) is 7.64. The zero-order valence-electron chi connectivity index (χ0n) is 16.2. The molecule has 2 atom stereocenters. The van der Waals surface area contributed by atoms with Gasteiger partial charge in [0.25, 0.3) is 5.91 Å². The number of amides is 1. The summed E-state index contributed by atoms with van der Waals surface area (Å²) in [4.78, 5) is 12.9. The molecule has 27 heavy (non-hydrogen) atoms. The van der Waals surface area contributed by atoms with Crippen LogP contribution in [0.1, 0.15) is 50.8 Å². The van der Waals surface area contributed by atoms with Crippen LogP contribution in [0.5, 0.6) is 11.5 Å². The van der Waals surface area contributed by atoms with Crippen molar-refractivity contribution in [1.82, 2.24) is 5.32 Å². The van der Waals surface area contributed by atoms with E-state index in [1.165, 1.54) is 24.3 Å². The smallest absolute Gasteiger partial charge is 0.261 e. The Labute approximate surface area is 159 Å². The molecule has 1 amide bonds. The number of carbonyl (C=O) groups is 1. The quantitative estimate of drug-likeness (QED) is 0.828. The van der Waals surface area contributed by atoms with Gasteiger partial charge in [0.05, 0.1) is 6.04 Å². The van der Waals surface area contributed by atoms with E-state index in [2.05, 4.69) is 11.4 Å². The van der Waals surface area contributed by atoms with E-state index >= 15 is 0 Å². The van der Waals surface area contributed by atoms with E-state index in [0.717, 1.165) is 16.9 Å². The maximum atomic E-state index is 13.1. The van der Waals surface area contributed by atoms with Gasteiger partial charge in [0.1, 0.15) is 22.9 Å². The monoisotopic (exact) mass is 371 g/mol. The van der Waals surface area contributed by atoms with Gasteiger partial charge in [-0.3, -0.25) is 4.79 Å². The predicted octanol–water partition coefficient (Wildman–Crippen LogP) is 4.71. The molecule has 0 spiro atoms. The van der Waals surface area contributed by atoms with Gasteiger partial charge in [0.15, 0.2) is 6.10 Å². The number of nitrogens with one attached hydrogen (secondary N) is 1. The fraction of sp³-hybridized carbons (Fsp3) is 0.409. The summed E-state index contributed by atoms with van der Waals surface area (Å²) in [7, 11) is 0. The van der Waals surface area contributed by atoms with Crippen LogP contribution in [0.15, 0.2) is 42.5 Å². The summed E-state index contributed by atoms with van der Waals surface area (Å²) < 4.78 is 24.9. The van der Waals surface area contributed by atoms with Crippen LogP contribution in [0.2, 0.25) is 0 Å². The number of ether oxygens (including phenoxy) is 2. The van der Waals surface area contributed by atoms with Gasteiger partial charge < -0.3 is 14.8 Å². The summed E-state index contributed by atoms with van der Waals surface area (Å²) in [6.45, 7) is 7.94. The first-order chi connectivity index (χ1) is 12.8. The van der Waals surface area contributed by atoms with Crippen LogP contribution in [0.4, 0.5) is 4.39 Å². The summed E-state index contributed by atoms with van der Waals surface area (Å²) in [5, 5.41) is 3.12. The van der Waals surface area contributed by atoms with Gasteiger partial charge in [0.2, 0.25) is 0 Å². The fourth-order valence-corrected chi connectivity index (χ4v) is 3.37. The molecule has 0 fully saturated rings. The van der Waals surface area contributed by atoms with Gasteiger partial charge in [-0.25, -0.2) is 4.39 Å². The summed E-state index contributed by atoms with van der Waals surface area (Å²) in [5.74, 6) is 0.754. The topological polar surface area (TPSA) is 47.6 Å². The molecule has 1 heterocycles. The zero-order valence-corrected chi connectivity index (χ0v) is 16.2. The van der Waals surface area contributed by atoms with Gasteiger partial charge in [-0.05, 0) is 57.5 Å². The first-order valence-corrected chi connectivity index (χ1v) is 9.29. The lowest BCUT2D eigenvalue weighted by molar-refractivity contribution is -0.129. The summed E-state index contributed by atoms with van der Waals surface area (Å²) in [6, 6.07) is 11.6. The number of hydrogen-bond donors (Lipinski definition) is 1. The van der Waals surface area contributed by atoms with E-state index in [0.29, 0.717) is 18.6 Å². The van der Waals surface area contributed by atoms with Crippen molar-refractivity contribution in [2.45, 2.75) is 58.3 Å². The number of carbonyl (C=O) groups excluding carboxylic acids is 1. The average Bonchev–Trinajstić information content (AvgIpc) is 2.61. The number of aryl methyl sites for hydroxylation is 1. The molecule has 2 aromatic rings. The number of fused-ring (bicyclic) bond motifs is 1. The van der Waals surface area contributed by atoms with Crippen molar-refractivity contribution < 1.29 is 18.7 Å². The maximum Gasteiger partial charge on any atom is 0.261 e. The van der Waals surface area contributed by atoms with E-state index in [1.807, 2.05) is 39.8 Å². The maximum absolute atomic E-state index is 13.1. The summed E-state index contributed by atoms with van der Waals surface area (Å²) >= 11 is 0. The molecule has 4 nitrogen and oxygen atoms in total. The Morgan fingerprint density at radius 3 is 2.67 bits per heavy atom. The van der Waals surface area contributed by atoms with Crippen molar-refractivity contribution in [3.63, 3.8) is 0 Å². The largest absolute Gasteiger partial charge is 0.487 e. The molecule has 1 aliphatic rings. The Bertz CT molecular complexity index is 817. The van der Waals surface area contributed by atoms with Crippen molar-refractivity contribution in [3.8, 4) is 11.5 Å². The van der Waals surface area contributed by atoms with E-state index in [4.69, 9.17) is 9.47 Å². The normalized spacial score (nSPS) is 18.8. The van der Waals surface area contributed by atoms with Crippen molar-refractivity contribution in [3.05, 3.63) is 59.4 Å². The minimum Gasteiger partial charge on any atom is -0.487 e. The zero-order chi connectivity index (χ0) is 19.6. The molecule has 1 N–H and O–H groups in total. The van der Waals surface area contributed by atoms with E-state index < -0.39 is 6.10 Å². The minimum absolute atomic E-state index is 0.151. The lowest BCUT2D eigenvalue weighted by Gasteiger charge is -2.38. The Balaban J connectivity index is 1.77. The molecule has 0 aromatic heterocycles. The van der Waals surface area contributed by atoms with E-state index in [-0.39, 0.29) is 23.4 Å². The highest BCUT2D eigenvalue weighted by molar-refractivity contribution is 5.81. The average molecular weight is 371 g/mol. The molecule has 0 bridgehead atoms. The second-order valence-corrected chi connectivity index (χ2v) is 7.64. The van der Waals surface area contributed by atoms with Crippen LogP contribution < -0.4 is 14.8 Å². The third-order valence-electron chi connectivity index (χ3n) is 4.69. The number of halogens is 1. The third kappa shape index (κ3) is 4.59. The van der Waals surface area contributed by atoms with Crippen molar-refractivity contribution in [1.29, 1.82) is 0 Å². The lowest BCUT2D eigenvalue weighted by Crippen LogP contribution is -2.45. The third-order valence-corrected chi connectivity index (χ3v) is 4.69. The Hall–Kier alpha value is -2.56. The van der Waals surface area contributed by atoms with Gasteiger partial charge in [-0.1, -0.05) is 24.6 Å². The van der Waals surface area contributed by atoms with Crippen LogP contribution in [0.25, 0.3) is 0 Å². The molecule has 0 radical (unpaired) electrons. The first-order valence-electron chi connectivity index (χ1n) is 9.29. The molecule has 0 saturated heterocycles. The summed E-state index contributed by atoms with van der Waals surface area (Å²) in [5.41, 5.74) is 1.73. The van der Waals surface area contributed by atoms with Gasteiger partial charge in [-0.2, -0.15) is 0 Å². The molecular formula is C22H26FNO3. The SMILES string of the molecule is CC[C@H](Oc1ccc(F)cc1)C(=O)N[C@H]1CC(C)(C)Oc2ccc(C)cc21. The first kappa shape index (κ1) is 19.2. The molecule has 0 saturated carbocycles. The molecule has 5 heteroatoms. The minimum atomic E-state index is -0.644. The highest BCUT2D eigenvalue weighted by Gasteiger charge is 2.35. The van der Waals surface area contributed by atoms with Crippen LogP contribution >= 0.6 is 0 Å². The number of hydrogen-bond acceptors (Lipinski definition) is 3. The van der Waals surface area contributed by atoms with Crippen LogP contribution in [0, 0.1) is 12.7 Å². The van der Waals surface area contributed by atoms with Gasteiger partial charge in [0, 0.05) is 12.0 Å². The van der Waals surface area contributed by atoms with Crippen molar-refractivity contribution in [2.75, 3.05) is 0 Å². The molecule has 144 valence electrons. The second kappa shape index (κ2) is 7.59. The molecule has 2 aromatic carbocycles. The van der Waals surface area contributed by atoms with Crippen molar-refractivity contribution >= 4 is 5.91 Å². The lowest BCUT2D eigenvalue weighted by atomic mass is 9.88. The molecule has 3 rings (SSSR count). The highest BCUT2D eigenvalue weighted by Crippen LogP contribution is 2.40. The van der Waals surface area contributed by atoms with Crippen LogP contribution in [-0.4, -0.2) is 17.6 Å². The van der Waals surface area contributed by atoms with Gasteiger partial charge in [-0.15, -0.1) is 0 Å². The van der Waals surface area contributed by atoms with Crippen LogP contribution in [0.3, 0.4) is 0 Å².